The molecule has 2 aromatic rings. The largest absolute Gasteiger partial charge is 0.379 e. The van der Waals surface area contributed by atoms with Crippen molar-refractivity contribution in [3.05, 3.63) is 71.3 Å². The van der Waals surface area contributed by atoms with Gasteiger partial charge in [-0.15, -0.1) is 0 Å². The van der Waals surface area contributed by atoms with Gasteiger partial charge in [-0.2, -0.15) is 0 Å². The molecule has 24 heavy (non-hydrogen) atoms. The standard InChI is InChI=1S/C20H23F2NO/c21-18-7-3-16(4-8-18)20(17-5-9-19(22)10-6-17)2-1-11-23-12-14-24-15-13-23/h3-10,20H,1-2,11-15H2. The minimum atomic E-state index is -0.232. The molecule has 0 unspecified atom stereocenters. The highest BCUT2D eigenvalue weighted by Crippen LogP contribution is 2.29. The van der Waals surface area contributed by atoms with Crippen LogP contribution in [0.15, 0.2) is 48.5 Å². The summed E-state index contributed by atoms with van der Waals surface area (Å²) in [6.45, 7) is 4.61. The minimum absolute atomic E-state index is 0.159. The average molecular weight is 331 g/mol. The number of rotatable bonds is 6. The van der Waals surface area contributed by atoms with Crippen LogP contribution >= 0.6 is 0 Å². The number of morpholine rings is 1. The topological polar surface area (TPSA) is 12.5 Å². The number of hydrogen-bond acceptors (Lipinski definition) is 2. The Kier molecular flexibility index (Phi) is 5.94. The van der Waals surface area contributed by atoms with E-state index in [1.807, 2.05) is 24.3 Å². The first-order valence-electron chi connectivity index (χ1n) is 8.53. The Balaban J connectivity index is 1.69. The molecule has 1 aliphatic rings. The van der Waals surface area contributed by atoms with Gasteiger partial charge in [0.05, 0.1) is 13.2 Å². The highest BCUT2D eigenvalue weighted by molar-refractivity contribution is 5.32. The van der Waals surface area contributed by atoms with Crippen LogP contribution in [0.4, 0.5) is 8.78 Å². The van der Waals surface area contributed by atoms with Crippen LogP contribution < -0.4 is 0 Å². The summed E-state index contributed by atoms with van der Waals surface area (Å²) in [6.07, 6.45) is 1.99. The first-order valence-corrected chi connectivity index (χ1v) is 8.53. The molecule has 0 atom stereocenters. The van der Waals surface area contributed by atoms with Gasteiger partial charge >= 0.3 is 0 Å². The highest BCUT2D eigenvalue weighted by atomic mass is 19.1. The lowest BCUT2D eigenvalue weighted by Gasteiger charge is -2.27. The van der Waals surface area contributed by atoms with Gasteiger partial charge in [0.15, 0.2) is 0 Å². The van der Waals surface area contributed by atoms with Crippen LogP contribution in [0, 0.1) is 11.6 Å². The molecule has 0 bridgehead atoms. The molecule has 1 fully saturated rings. The molecule has 0 N–H and O–H groups in total. The maximum atomic E-state index is 13.2. The van der Waals surface area contributed by atoms with Gasteiger partial charge in [-0.3, -0.25) is 4.90 Å². The van der Waals surface area contributed by atoms with Crippen LogP contribution in [0.1, 0.15) is 29.9 Å². The number of benzene rings is 2. The molecule has 2 nitrogen and oxygen atoms in total. The molecular weight excluding hydrogens is 308 g/mol. The van der Waals surface area contributed by atoms with E-state index in [2.05, 4.69) is 4.90 Å². The lowest BCUT2D eigenvalue weighted by Crippen LogP contribution is -2.36. The smallest absolute Gasteiger partial charge is 0.123 e. The monoisotopic (exact) mass is 331 g/mol. The first kappa shape index (κ1) is 17.1. The molecule has 0 saturated carbocycles. The van der Waals surface area contributed by atoms with Crippen molar-refractivity contribution in [1.29, 1.82) is 0 Å². The van der Waals surface area contributed by atoms with Crippen molar-refractivity contribution < 1.29 is 13.5 Å². The zero-order valence-electron chi connectivity index (χ0n) is 13.8. The van der Waals surface area contributed by atoms with Crippen molar-refractivity contribution in [3.63, 3.8) is 0 Å². The van der Waals surface area contributed by atoms with Gasteiger partial charge < -0.3 is 4.74 Å². The Bertz CT molecular complexity index is 576. The maximum Gasteiger partial charge on any atom is 0.123 e. The SMILES string of the molecule is Fc1ccc(C(CCCN2CCOCC2)c2ccc(F)cc2)cc1. The van der Waals surface area contributed by atoms with E-state index in [4.69, 9.17) is 4.74 Å². The summed E-state index contributed by atoms with van der Waals surface area (Å²) in [5.41, 5.74) is 2.15. The molecule has 1 heterocycles. The summed E-state index contributed by atoms with van der Waals surface area (Å²) >= 11 is 0. The zero-order valence-corrected chi connectivity index (χ0v) is 13.8. The normalized spacial score (nSPS) is 15.8. The molecule has 0 radical (unpaired) electrons. The van der Waals surface area contributed by atoms with Crippen molar-refractivity contribution in [2.24, 2.45) is 0 Å². The molecule has 0 aliphatic carbocycles. The van der Waals surface area contributed by atoms with E-state index in [9.17, 15) is 8.78 Å². The molecule has 1 aliphatic heterocycles. The Morgan fingerprint density at radius 1 is 0.833 bits per heavy atom. The van der Waals surface area contributed by atoms with E-state index in [0.717, 1.165) is 56.8 Å². The summed E-state index contributed by atoms with van der Waals surface area (Å²) < 4.78 is 31.8. The van der Waals surface area contributed by atoms with E-state index in [1.165, 1.54) is 24.3 Å². The fourth-order valence-electron chi connectivity index (χ4n) is 3.26. The number of nitrogens with zero attached hydrogens (tertiary/aromatic N) is 1. The molecule has 3 rings (SSSR count). The molecule has 0 spiro atoms. The Morgan fingerprint density at radius 3 is 1.83 bits per heavy atom. The summed E-state index contributed by atoms with van der Waals surface area (Å²) in [5.74, 6) is -0.304. The predicted octanol–water partition coefficient (Wildman–Crippen LogP) is 4.21. The number of ether oxygens (including phenoxy) is 1. The summed E-state index contributed by atoms with van der Waals surface area (Å²) in [5, 5.41) is 0. The van der Waals surface area contributed by atoms with Gasteiger partial charge in [0.25, 0.3) is 0 Å². The molecule has 4 heteroatoms. The Labute approximate surface area is 142 Å². The van der Waals surface area contributed by atoms with Gasteiger partial charge in [-0.1, -0.05) is 24.3 Å². The second kappa shape index (κ2) is 8.36. The number of hydrogen-bond donors (Lipinski definition) is 0. The fraction of sp³-hybridized carbons (Fsp3) is 0.400. The molecule has 2 aromatic carbocycles. The van der Waals surface area contributed by atoms with E-state index in [0.29, 0.717) is 0 Å². The molecule has 1 saturated heterocycles. The third kappa shape index (κ3) is 4.62. The van der Waals surface area contributed by atoms with Crippen molar-refractivity contribution in [3.8, 4) is 0 Å². The van der Waals surface area contributed by atoms with E-state index < -0.39 is 0 Å². The first-order chi connectivity index (χ1) is 11.7. The summed E-state index contributed by atoms with van der Waals surface area (Å²) in [6, 6.07) is 13.3. The summed E-state index contributed by atoms with van der Waals surface area (Å²) in [4.78, 5) is 2.41. The van der Waals surface area contributed by atoms with Crippen LogP contribution in [0.5, 0.6) is 0 Å². The molecule has 128 valence electrons. The highest BCUT2D eigenvalue weighted by Gasteiger charge is 2.16. The van der Waals surface area contributed by atoms with Gasteiger partial charge in [-0.25, -0.2) is 8.78 Å². The lowest BCUT2D eigenvalue weighted by atomic mass is 9.87. The fourth-order valence-corrected chi connectivity index (χ4v) is 3.26. The van der Waals surface area contributed by atoms with E-state index >= 15 is 0 Å². The Hall–Kier alpha value is -1.78. The van der Waals surface area contributed by atoms with Crippen molar-refractivity contribution in [2.45, 2.75) is 18.8 Å². The average Bonchev–Trinajstić information content (AvgIpc) is 2.62. The minimum Gasteiger partial charge on any atom is -0.379 e. The van der Waals surface area contributed by atoms with Crippen molar-refractivity contribution >= 4 is 0 Å². The zero-order chi connectivity index (χ0) is 16.8. The molecular formula is C20H23F2NO. The van der Waals surface area contributed by atoms with Crippen LogP contribution in [-0.2, 0) is 4.74 Å². The van der Waals surface area contributed by atoms with Crippen molar-refractivity contribution in [1.82, 2.24) is 4.90 Å². The van der Waals surface area contributed by atoms with Crippen molar-refractivity contribution in [2.75, 3.05) is 32.8 Å². The summed E-state index contributed by atoms with van der Waals surface area (Å²) in [7, 11) is 0. The van der Waals surface area contributed by atoms with Crippen LogP contribution in [0.2, 0.25) is 0 Å². The van der Waals surface area contributed by atoms with Gasteiger partial charge in [0.2, 0.25) is 0 Å². The second-order valence-corrected chi connectivity index (χ2v) is 6.25. The lowest BCUT2D eigenvalue weighted by molar-refractivity contribution is 0.0371. The van der Waals surface area contributed by atoms with Crippen LogP contribution in [-0.4, -0.2) is 37.7 Å². The third-order valence-electron chi connectivity index (χ3n) is 4.62. The molecule has 0 aromatic heterocycles. The predicted molar refractivity (Wildman–Crippen MR) is 91.1 cm³/mol. The van der Waals surface area contributed by atoms with Gasteiger partial charge in [0, 0.05) is 19.0 Å². The molecule has 0 amide bonds. The maximum absolute atomic E-state index is 13.2. The third-order valence-corrected chi connectivity index (χ3v) is 4.62. The second-order valence-electron chi connectivity index (χ2n) is 6.25. The van der Waals surface area contributed by atoms with Crippen LogP contribution in [0.3, 0.4) is 0 Å². The quantitative estimate of drug-likeness (QED) is 0.786. The Morgan fingerprint density at radius 2 is 1.33 bits per heavy atom. The van der Waals surface area contributed by atoms with E-state index in [1.54, 1.807) is 0 Å². The van der Waals surface area contributed by atoms with Crippen LogP contribution in [0.25, 0.3) is 0 Å². The number of halogens is 2. The van der Waals surface area contributed by atoms with E-state index in [-0.39, 0.29) is 17.6 Å². The van der Waals surface area contributed by atoms with Gasteiger partial charge in [-0.05, 0) is 54.8 Å². The van der Waals surface area contributed by atoms with Gasteiger partial charge in [0.1, 0.15) is 11.6 Å².